The first kappa shape index (κ1) is 22.4. The second kappa shape index (κ2) is 9.78. The minimum atomic E-state index is -0.175. The molecular formula is C25H37N3O3. The van der Waals surface area contributed by atoms with Gasteiger partial charge in [0, 0.05) is 37.2 Å². The Labute approximate surface area is 185 Å². The monoisotopic (exact) mass is 427 g/mol. The molecule has 2 fully saturated rings. The van der Waals surface area contributed by atoms with Crippen LogP contribution in [0.3, 0.4) is 0 Å². The van der Waals surface area contributed by atoms with Gasteiger partial charge >= 0.3 is 0 Å². The number of aromatic nitrogens is 3. The Morgan fingerprint density at radius 1 is 1.10 bits per heavy atom. The third-order valence-electron chi connectivity index (χ3n) is 6.96. The summed E-state index contributed by atoms with van der Waals surface area (Å²) >= 11 is 0. The van der Waals surface area contributed by atoms with Crippen molar-refractivity contribution in [1.29, 1.82) is 0 Å². The Bertz CT molecular complexity index is 872. The summed E-state index contributed by atoms with van der Waals surface area (Å²) in [6, 6.07) is 0. The van der Waals surface area contributed by atoms with Gasteiger partial charge in [-0.25, -0.2) is 15.0 Å². The van der Waals surface area contributed by atoms with Gasteiger partial charge in [-0.1, -0.05) is 20.3 Å². The molecule has 1 aliphatic heterocycles. The molecule has 0 aromatic carbocycles. The molecule has 1 unspecified atom stereocenters. The summed E-state index contributed by atoms with van der Waals surface area (Å²) in [5, 5.41) is 10.9. The summed E-state index contributed by atoms with van der Waals surface area (Å²) in [5.41, 5.74) is 2.16. The lowest BCUT2D eigenvalue weighted by Crippen LogP contribution is -2.35. The largest absolute Gasteiger partial charge is 0.474 e. The molecule has 3 heterocycles. The van der Waals surface area contributed by atoms with Crippen LogP contribution < -0.4 is 4.74 Å². The van der Waals surface area contributed by atoms with Crippen LogP contribution >= 0.6 is 0 Å². The molecule has 1 saturated carbocycles. The smallest absolute Gasteiger partial charge is 0.224 e. The Balaban J connectivity index is 1.68. The van der Waals surface area contributed by atoms with Crippen molar-refractivity contribution < 1.29 is 14.6 Å². The first-order valence-corrected chi connectivity index (χ1v) is 12.1. The maximum Gasteiger partial charge on any atom is 0.224 e. The van der Waals surface area contributed by atoms with Gasteiger partial charge in [0.15, 0.2) is 0 Å². The third kappa shape index (κ3) is 5.35. The number of fused-ring (bicyclic) bond motifs is 1. The van der Waals surface area contributed by atoms with E-state index in [1.54, 1.807) is 0 Å². The quantitative estimate of drug-likeness (QED) is 0.702. The van der Waals surface area contributed by atoms with Crippen LogP contribution in [-0.2, 0) is 11.2 Å². The normalized spacial score (nSPS) is 30.3. The molecule has 31 heavy (non-hydrogen) atoms. The van der Waals surface area contributed by atoms with E-state index in [0.717, 1.165) is 68.1 Å². The summed E-state index contributed by atoms with van der Waals surface area (Å²) in [4.78, 5) is 14.5. The molecule has 2 aromatic heterocycles. The summed E-state index contributed by atoms with van der Waals surface area (Å²) in [7, 11) is 0. The molecule has 1 saturated heterocycles. The molecule has 4 rings (SSSR count). The van der Waals surface area contributed by atoms with Crippen molar-refractivity contribution in [1.82, 2.24) is 15.0 Å². The van der Waals surface area contributed by atoms with Gasteiger partial charge < -0.3 is 14.6 Å². The lowest BCUT2D eigenvalue weighted by atomic mass is 9.82. The van der Waals surface area contributed by atoms with Gasteiger partial charge in [0.1, 0.15) is 11.9 Å². The number of ether oxygens (including phenoxy) is 2. The van der Waals surface area contributed by atoms with Crippen molar-refractivity contribution in [3.8, 4) is 5.88 Å². The number of hydrogen-bond donors (Lipinski definition) is 1. The van der Waals surface area contributed by atoms with E-state index >= 15 is 0 Å². The van der Waals surface area contributed by atoms with Crippen LogP contribution in [0.1, 0.15) is 89.9 Å². The maximum atomic E-state index is 9.96. The van der Waals surface area contributed by atoms with Crippen molar-refractivity contribution in [2.75, 3.05) is 0 Å². The average Bonchev–Trinajstić information content (AvgIpc) is 2.74. The SMILES string of the molecule is CC[C@H](C)Cc1ncc2c(OC3C[C@@H](C)O[C@@H](C)C3)ncc(C3CCC(O)CC3)c2n1. The number of rotatable bonds is 6. The highest BCUT2D eigenvalue weighted by Crippen LogP contribution is 2.38. The van der Waals surface area contributed by atoms with E-state index in [1.807, 2.05) is 12.4 Å². The molecule has 4 atom stereocenters. The molecule has 6 heteroatoms. The van der Waals surface area contributed by atoms with Crippen molar-refractivity contribution in [3.05, 3.63) is 23.8 Å². The zero-order valence-corrected chi connectivity index (χ0v) is 19.4. The Hall–Kier alpha value is -1.79. The third-order valence-corrected chi connectivity index (χ3v) is 6.96. The molecule has 0 spiro atoms. The molecular weight excluding hydrogens is 390 g/mol. The maximum absolute atomic E-state index is 9.96. The number of aliphatic hydroxyl groups is 1. The van der Waals surface area contributed by atoms with Gasteiger partial charge in [0.25, 0.3) is 0 Å². The Morgan fingerprint density at radius 3 is 2.48 bits per heavy atom. The van der Waals surface area contributed by atoms with Crippen LogP contribution in [0.5, 0.6) is 5.88 Å². The molecule has 0 radical (unpaired) electrons. The minimum Gasteiger partial charge on any atom is -0.474 e. The predicted octanol–water partition coefficient (Wildman–Crippen LogP) is 4.97. The fourth-order valence-corrected chi connectivity index (χ4v) is 4.99. The molecule has 0 amide bonds. The molecule has 1 aliphatic carbocycles. The fraction of sp³-hybridized carbons (Fsp3) is 0.720. The molecule has 6 nitrogen and oxygen atoms in total. The summed E-state index contributed by atoms with van der Waals surface area (Å²) in [6.07, 6.45) is 11.5. The van der Waals surface area contributed by atoms with Crippen molar-refractivity contribution in [3.63, 3.8) is 0 Å². The number of hydrogen-bond acceptors (Lipinski definition) is 6. The van der Waals surface area contributed by atoms with Gasteiger partial charge in [0.05, 0.1) is 29.2 Å². The highest BCUT2D eigenvalue weighted by molar-refractivity contribution is 5.85. The van der Waals surface area contributed by atoms with Crippen molar-refractivity contribution in [2.45, 2.75) is 109 Å². The number of pyridine rings is 1. The Kier molecular flexibility index (Phi) is 7.07. The van der Waals surface area contributed by atoms with E-state index in [9.17, 15) is 5.11 Å². The van der Waals surface area contributed by atoms with E-state index in [-0.39, 0.29) is 24.4 Å². The Morgan fingerprint density at radius 2 is 1.81 bits per heavy atom. The van der Waals surface area contributed by atoms with Crippen LogP contribution in [0.2, 0.25) is 0 Å². The van der Waals surface area contributed by atoms with E-state index in [1.165, 1.54) is 5.56 Å². The van der Waals surface area contributed by atoms with Gasteiger partial charge in [-0.05, 0) is 51.4 Å². The second-order valence-electron chi connectivity index (χ2n) is 9.76. The molecule has 0 bridgehead atoms. The fourth-order valence-electron chi connectivity index (χ4n) is 4.99. The van der Waals surface area contributed by atoms with Crippen LogP contribution in [0, 0.1) is 5.92 Å². The van der Waals surface area contributed by atoms with E-state index < -0.39 is 0 Å². The first-order chi connectivity index (χ1) is 14.9. The van der Waals surface area contributed by atoms with Crippen molar-refractivity contribution in [2.24, 2.45) is 5.92 Å². The van der Waals surface area contributed by atoms with Crippen LogP contribution in [0.15, 0.2) is 12.4 Å². The van der Waals surface area contributed by atoms with Gasteiger partial charge in [-0.2, -0.15) is 0 Å². The lowest BCUT2D eigenvalue weighted by Gasteiger charge is -2.32. The zero-order valence-electron chi connectivity index (χ0n) is 19.4. The highest BCUT2D eigenvalue weighted by Gasteiger charge is 2.28. The topological polar surface area (TPSA) is 77.4 Å². The van der Waals surface area contributed by atoms with E-state index in [0.29, 0.717) is 17.7 Å². The first-order valence-electron chi connectivity index (χ1n) is 12.1. The molecule has 2 aromatic rings. The van der Waals surface area contributed by atoms with Crippen LogP contribution in [-0.4, -0.2) is 44.5 Å². The standard InChI is InChI=1S/C25H37N3O3/c1-5-15(2)10-23-26-14-22-24(28-23)21(18-6-8-19(29)9-7-18)13-27-25(22)31-20-11-16(3)30-17(4)12-20/h13-20,29H,5-12H2,1-4H3/t15-,16-,17+,18?,19?,20?/m0/s1. The average molecular weight is 428 g/mol. The summed E-state index contributed by atoms with van der Waals surface area (Å²) in [6.45, 7) is 8.65. The van der Waals surface area contributed by atoms with Gasteiger partial charge in [-0.15, -0.1) is 0 Å². The van der Waals surface area contributed by atoms with Crippen molar-refractivity contribution >= 4 is 10.9 Å². The van der Waals surface area contributed by atoms with Crippen LogP contribution in [0.4, 0.5) is 0 Å². The lowest BCUT2D eigenvalue weighted by molar-refractivity contribution is -0.0726. The molecule has 170 valence electrons. The van der Waals surface area contributed by atoms with E-state index in [4.69, 9.17) is 19.4 Å². The number of aliphatic hydroxyl groups excluding tert-OH is 1. The predicted molar refractivity (Wildman–Crippen MR) is 121 cm³/mol. The summed E-state index contributed by atoms with van der Waals surface area (Å²) in [5.74, 6) is 2.45. The highest BCUT2D eigenvalue weighted by atomic mass is 16.5. The summed E-state index contributed by atoms with van der Waals surface area (Å²) < 4.78 is 12.3. The number of nitrogens with zero attached hydrogens (tertiary/aromatic N) is 3. The molecule has 1 N–H and O–H groups in total. The van der Waals surface area contributed by atoms with Gasteiger partial charge in [-0.3, -0.25) is 0 Å². The van der Waals surface area contributed by atoms with Gasteiger partial charge in [0.2, 0.25) is 5.88 Å². The zero-order chi connectivity index (χ0) is 22.0. The van der Waals surface area contributed by atoms with Crippen LogP contribution in [0.25, 0.3) is 10.9 Å². The minimum absolute atomic E-state index is 0.0879. The second-order valence-corrected chi connectivity index (χ2v) is 9.76. The molecule has 2 aliphatic rings. The van der Waals surface area contributed by atoms with E-state index in [2.05, 4.69) is 32.7 Å².